The molecule has 1 aromatic carbocycles. The molecule has 172 valence electrons. The smallest absolute Gasteiger partial charge is 0.277 e. The summed E-state index contributed by atoms with van der Waals surface area (Å²) in [4.78, 5) is 21.9. The fourth-order valence-corrected chi connectivity index (χ4v) is 7.40. The van der Waals surface area contributed by atoms with Crippen LogP contribution in [0.3, 0.4) is 0 Å². The summed E-state index contributed by atoms with van der Waals surface area (Å²) in [6.07, 6.45) is 1.27. The average molecular weight is 503 g/mol. The normalized spacial score (nSPS) is 18.9. The van der Waals surface area contributed by atoms with Crippen molar-refractivity contribution in [3.05, 3.63) is 60.3 Å². The summed E-state index contributed by atoms with van der Waals surface area (Å²) in [5.74, 6) is 0.0357. The maximum atomic E-state index is 13.2. The van der Waals surface area contributed by atoms with Crippen molar-refractivity contribution in [2.45, 2.75) is 22.0 Å². The van der Waals surface area contributed by atoms with Gasteiger partial charge in [0.25, 0.3) is 10.0 Å². The summed E-state index contributed by atoms with van der Waals surface area (Å²) >= 11 is 2.70. The summed E-state index contributed by atoms with van der Waals surface area (Å²) in [7, 11) is -3.78. The number of aliphatic imine (C=N–C) groups is 1. The number of benzene rings is 1. The Morgan fingerprint density at radius 3 is 2.85 bits per heavy atom. The van der Waals surface area contributed by atoms with Crippen molar-refractivity contribution in [2.24, 2.45) is 4.99 Å². The zero-order valence-corrected chi connectivity index (χ0v) is 20.0. The number of nitrogens with zero attached hydrogens (tertiary/aromatic N) is 3. The van der Waals surface area contributed by atoms with Crippen LogP contribution < -0.4 is 4.31 Å². The minimum Gasteiger partial charge on any atom is -0.389 e. The molecule has 1 atom stereocenters. The number of nitrogens with one attached hydrogen (secondary N) is 1. The maximum Gasteiger partial charge on any atom is 0.277 e. The Morgan fingerprint density at radius 2 is 2.15 bits per heavy atom. The molecule has 0 saturated carbocycles. The molecule has 1 amide bonds. The molecule has 2 N–H and O–H groups in total. The quantitative estimate of drug-likeness (QED) is 0.517. The maximum absolute atomic E-state index is 13.2. The van der Waals surface area contributed by atoms with Gasteiger partial charge in [-0.2, -0.15) is 8.42 Å². The molecule has 1 fully saturated rings. The van der Waals surface area contributed by atoms with Crippen molar-refractivity contribution in [1.82, 2.24) is 9.88 Å². The van der Waals surface area contributed by atoms with Crippen LogP contribution in [0, 0.1) is 0 Å². The number of aromatic nitrogens is 1. The molecule has 2 aromatic heterocycles. The number of aliphatic hydroxyl groups is 1. The number of aromatic amines is 1. The van der Waals surface area contributed by atoms with Gasteiger partial charge < -0.3 is 15.0 Å². The van der Waals surface area contributed by atoms with Gasteiger partial charge in [0.1, 0.15) is 9.25 Å². The zero-order valence-electron chi connectivity index (χ0n) is 17.5. The monoisotopic (exact) mass is 502 g/mol. The number of thioether (sulfide) groups is 1. The number of thiophene rings is 1. The topological polar surface area (TPSA) is 106 Å². The number of amides is 1. The van der Waals surface area contributed by atoms with Gasteiger partial charge in [-0.05, 0) is 23.6 Å². The molecule has 0 aliphatic carbocycles. The van der Waals surface area contributed by atoms with Crippen LogP contribution in [-0.2, 0) is 14.8 Å². The Kier molecular flexibility index (Phi) is 5.81. The molecule has 4 heterocycles. The lowest BCUT2D eigenvalue weighted by Crippen LogP contribution is -2.53. The molecule has 0 bridgehead atoms. The Bertz CT molecular complexity index is 1340. The Labute approximate surface area is 199 Å². The second kappa shape index (κ2) is 8.64. The number of anilines is 1. The van der Waals surface area contributed by atoms with Crippen LogP contribution in [-0.4, -0.2) is 65.3 Å². The molecule has 1 saturated heterocycles. The molecule has 2 aliphatic rings. The number of β-amino-alcohol motifs (C(OH)–C–C–N with tert-alkyl or cyclic N) is 1. The molecule has 2 aliphatic heterocycles. The molecule has 3 aromatic rings. The number of carbonyl (C=O) groups excluding carboxylic acids is 1. The molecule has 1 unspecified atom stereocenters. The van der Waals surface area contributed by atoms with Gasteiger partial charge in [-0.15, -0.1) is 11.3 Å². The first-order valence-electron chi connectivity index (χ1n) is 10.4. The third kappa shape index (κ3) is 4.10. The van der Waals surface area contributed by atoms with E-state index >= 15 is 0 Å². The highest BCUT2D eigenvalue weighted by Crippen LogP contribution is 2.35. The molecule has 8 nitrogen and oxygen atoms in total. The number of carbonyl (C=O) groups is 1. The van der Waals surface area contributed by atoms with Gasteiger partial charge in [-0.1, -0.05) is 36.5 Å². The lowest BCUT2D eigenvalue weighted by atomic mass is 10.1. The van der Waals surface area contributed by atoms with E-state index in [2.05, 4.69) is 16.6 Å². The van der Waals surface area contributed by atoms with Crippen molar-refractivity contribution in [3.8, 4) is 0 Å². The molecular weight excluding hydrogens is 480 g/mol. The van der Waals surface area contributed by atoms with Crippen molar-refractivity contribution in [3.63, 3.8) is 0 Å². The van der Waals surface area contributed by atoms with Crippen molar-refractivity contribution in [1.29, 1.82) is 0 Å². The third-order valence-corrected chi connectivity index (χ3v) is 9.92. The SMILES string of the molecule is C=CN(c1cccc2cc(C3=NCC(CC(=O)N4CC(O)C4)S3)[nH]c12)S(=O)(=O)c1cccs1. The van der Waals surface area contributed by atoms with Gasteiger partial charge in [0.15, 0.2) is 0 Å². The van der Waals surface area contributed by atoms with Crippen LogP contribution >= 0.6 is 23.1 Å². The van der Waals surface area contributed by atoms with E-state index < -0.39 is 16.1 Å². The second-order valence-corrected chi connectivity index (χ2v) is 12.2. The number of rotatable bonds is 7. The Morgan fingerprint density at radius 1 is 1.33 bits per heavy atom. The fraction of sp³-hybridized carbons (Fsp3) is 0.273. The van der Waals surface area contributed by atoms with Crippen LogP contribution in [0.15, 0.2) is 63.8 Å². The lowest BCUT2D eigenvalue weighted by Gasteiger charge is -2.36. The van der Waals surface area contributed by atoms with E-state index in [9.17, 15) is 18.3 Å². The van der Waals surface area contributed by atoms with Crippen LogP contribution in [0.1, 0.15) is 12.1 Å². The van der Waals surface area contributed by atoms with E-state index in [0.29, 0.717) is 37.3 Å². The Hall–Kier alpha value is -2.60. The van der Waals surface area contributed by atoms with E-state index in [1.807, 2.05) is 18.2 Å². The number of sulfonamides is 1. The van der Waals surface area contributed by atoms with Crippen LogP contribution in [0.5, 0.6) is 0 Å². The largest absolute Gasteiger partial charge is 0.389 e. The first kappa shape index (κ1) is 22.2. The highest BCUT2D eigenvalue weighted by molar-refractivity contribution is 8.15. The summed E-state index contributed by atoms with van der Waals surface area (Å²) in [6, 6.07) is 10.7. The van der Waals surface area contributed by atoms with Crippen molar-refractivity contribution in [2.75, 3.05) is 23.9 Å². The second-order valence-electron chi connectivity index (χ2n) is 7.88. The van der Waals surface area contributed by atoms with Gasteiger partial charge in [0.2, 0.25) is 5.91 Å². The number of aliphatic hydroxyl groups excluding tert-OH is 1. The van der Waals surface area contributed by atoms with Gasteiger partial charge in [0, 0.05) is 36.3 Å². The van der Waals surface area contributed by atoms with E-state index in [0.717, 1.165) is 27.5 Å². The average Bonchev–Trinajstić information content (AvgIpc) is 3.51. The molecule has 33 heavy (non-hydrogen) atoms. The predicted octanol–water partition coefficient (Wildman–Crippen LogP) is 3.02. The number of fused-ring (bicyclic) bond motifs is 1. The van der Waals surface area contributed by atoms with Gasteiger partial charge in [0.05, 0.1) is 29.5 Å². The molecule has 0 spiro atoms. The number of hydrogen-bond donors (Lipinski definition) is 2. The van der Waals surface area contributed by atoms with Crippen molar-refractivity contribution >= 4 is 60.7 Å². The number of H-pyrrole nitrogens is 1. The van der Waals surface area contributed by atoms with E-state index in [1.165, 1.54) is 10.5 Å². The zero-order chi connectivity index (χ0) is 23.2. The van der Waals surface area contributed by atoms with Gasteiger partial charge in [-0.25, -0.2) is 4.31 Å². The third-order valence-electron chi connectivity index (χ3n) is 5.61. The minimum atomic E-state index is -3.78. The molecule has 5 rings (SSSR count). The summed E-state index contributed by atoms with van der Waals surface area (Å²) in [6.45, 7) is 5.08. The minimum absolute atomic E-state index is 0.0357. The van der Waals surface area contributed by atoms with Crippen LogP contribution in [0.2, 0.25) is 0 Å². The molecule has 11 heteroatoms. The van der Waals surface area contributed by atoms with Crippen molar-refractivity contribution < 1.29 is 18.3 Å². The number of hydrogen-bond acceptors (Lipinski definition) is 7. The Balaban J connectivity index is 1.38. The van der Waals surface area contributed by atoms with Gasteiger partial charge >= 0.3 is 0 Å². The highest BCUT2D eigenvalue weighted by Gasteiger charge is 2.32. The first-order chi connectivity index (χ1) is 15.9. The molecule has 0 radical (unpaired) electrons. The van der Waals surface area contributed by atoms with E-state index in [-0.39, 0.29) is 15.4 Å². The lowest BCUT2D eigenvalue weighted by molar-refractivity contribution is -0.141. The van der Waals surface area contributed by atoms with Gasteiger partial charge in [-0.3, -0.25) is 9.79 Å². The number of para-hydroxylation sites is 1. The standard InChI is InChI=1S/C22H22N4O4S3/c1-2-26(33(29,30)20-7-4-8-31-20)18-6-3-5-14-9-17(24-21(14)18)22-23-11-16(32-22)10-19(28)25-12-15(27)13-25/h2-9,15-16,24,27H,1,10-13H2. The van der Waals surface area contributed by atoms with E-state index in [1.54, 1.807) is 40.2 Å². The fourth-order valence-electron chi connectivity index (χ4n) is 3.93. The predicted molar refractivity (Wildman–Crippen MR) is 132 cm³/mol. The van der Waals surface area contributed by atoms with Crippen LogP contribution in [0.4, 0.5) is 5.69 Å². The summed E-state index contributed by atoms with van der Waals surface area (Å²) < 4.78 is 27.7. The van der Waals surface area contributed by atoms with E-state index in [4.69, 9.17) is 0 Å². The first-order valence-corrected chi connectivity index (χ1v) is 13.6. The highest BCUT2D eigenvalue weighted by atomic mass is 32.2. The number of likely N-dealkylation sites (tertiary alicyclic amines) is 1. The molecular formula is C22H22N4O4S3. The van der Waals surface area contributed by atoms with Crippen LogP contribution in [0.25, 0.3) is 10.9 Å². The summed E-state index contributed by atoms with van der Waals surface area (Å²) in [5.41, 5.74) is 1.94. The summed E-state index contributed by atoms with van der Waals surface area (Å²) in [5, 5.41) is 12.8.